The van der Waals surface area contributed by atoms with E-state index in [1.165, 1.54) is 5.56 Å². The maximum Gasteiger partial charge on any atom is 0.180 e. The predicted molar refractivity (Wildman–Crippen MR) is 81.8 cm³/mol. The SMILES string of the molecule is O[C@@H]1OC([C@]2(c3ccccc3)CN2)[N@@]2C[C@@]12c1ccccc1. The second-order valence-electron chi connectivity index (χ2n) is 6.45. The molecule has 0 spiro atoms. The van der Waals surface area contributed by atoms with Crippen LogP contribution in [0.15, 0.2) is 60.7 Å². The van der Waals surface area contributed by atoms with Crippen LogP contribution in [0.2, 0.25) is 0 Å². The average Bonchev–Trinajstić information content (AvgIpc) is 3.49. The first kappa shape index (κ1) is 12.8. The highest BCUT2D eigenvalue weighted by molar-refractivity contribution is 5.40. The molecule has 0 saturated carbocycles. The predicted octanol–water partition coefficient (Wildman–Crippen LogP) is 1.37. The summed E-state index contributed by atoms with van der Waals surface area (Å²) in [4.78, 5) is 2.28. The van der Waals surface area contributed by atoms with E-state index in [1.54, 1.807) is 0 Å². The van der Waals surface area contributed by atoms with Gasteiger partial charge in [0.25, 0.3) is 0 Å². The number of nitrogens with zero attached hydrogens (tertiary/aromatic N) is 1. The molecule has 1 unspecified atom stereocenters. The van der Waals surface area contributed by atoms with Crippen molar-refractivity contribution in [2.75, 3.05) is 13.1 Å². The summed E-state index contributed by atoms with van der Waals surface area (Å²) in [6.07, 6.45) is -0.895. The zero-order chi connectivity index (χ0) is 14.8. The first-order chi connectivity index (χ1) is 10.8. The van der Waals surface area contributed by atoms with Gasteiger partial charge in [0.05, 0.1) is 5.54 Å². The molecule has 2 N–H and O–H groups in total. The minimum absolute atomic E-state index is 0.120. The van der Waals surface area contributed by atoms with Crippen LogP contribution in [0.25, 0.3) is 0 Å². The van der Waals surface area contributed by atoms with Crippen molar-refractivity contribution in [1.82, 2.24) is 10.2 Å². The molecule has 5 atom stereocenters. The summed E-state index contributed by atoms with van der Waals surface area (Å²) in [5, 5.41) is 14.0. The minimum Gasteiger partial charge on any atom is -0.366 e. The molecule has 0 aromatic heterocycles. The molecule has 0 aliphatic carbocycles. The maximum atomic E-state index is 10.6. The Morgan fingerprint density at radius 1 is 1.00 bits per heavy atom. The van der Waals surface area contributed by atoms with Crippen LogP contribution in [-0.4, -0.2) is 35.6 Å². The molecule has 2 aromatic carbocycles. The largest absolute Gasteiger partial charge is 0.366 e. The van der Waals surface area contributed by atoms with Gasteiger partial charge in [0.15, 0.2) is 6.29 Å². The highest BCUT2D eigenvalue weighted by atomic mass is 16.6. The van der Waals surface area contributed by atoms with Crippen LogP contribution in [0.1, 0.15) is 11.1 Å². The van der Waals surface area contributed by atoms with Crippen LogP contribution >= 0.6 is 0 Å². The number of rotatable bonds is 3. The minimum atomic E-state index is -0.775. The van der Waals surface area contributed by atoms with Gasteiger partial charge in [-0.3, -0.25) is 4.90 Å². The molecule has 22 heavy (non-hydrogen) atoms. The van der Waals surface area contributed by atoms with E-state index >= 15 is 0 Å². The average molecular weight is 294 g/mol. The third kappa shape index (κ3) is 1.50. The Bertz CT molecular complexity index is 702. The zero-order valence-corrected chi connectivity index (χ0v) is 12.1. The summed E-state index contributed by atoms with van der Waals surface area (Å²) in [7, 11) is 0. The Labute approximate surface area is 129 Å². The Morgan fingerprint density at radius 3 is 2.14 bits per heavy atom. The molecular weight excluding hydrogens is 276 g/mol. The van der Waals surface area contributed by atoms with E-state index in [4.69, 9.17) is 4.74 Å². The summed E-state index contributed by atoms with van der Waals surface area (Å²) in [5.74, 6) is 0. The Hall–Kier alpha value is -1.72. The molecule has 0 radical (unpaired) electrons. The second-order valence-corrected chi connectivity index (χ2v) is 6.45. The lowest BCUT2D eigenvalue weighted by Crippen LogP contribution is -2.37. The molecule has 112 valence electrons. The lowest BCUT2D eigenvalue weighted by atomic mass is 9.97. The summed E-state index contributed by atoms with van der Waals surface area (Å²) >= 11 is 0. The van der Waals surface area contributed by atoms with Crippen molar-refractivity contribution in [2.24, 2.45) is 0 Å². The van der Waals surface area contributed by atoms with Gasteiger partial charge in [-0.2, -0.15) is 0 Å². The number of hydrogen-bond donors (Lipinski definition) is 2. The number of nitrogens with one attached hydrogen (secondary N) is 1. The molecule has 3 saturated heterocycles. The number of fused-ring (bicyclic) bond motifs is 1. The molecule has 0 amide bonds. The van der Waals surface area contributed by atoms with Gasteiger partial charge in [-0.25, -0.2) is 0 Å². The van der Waals surface area contributed by atoms with Crippen molar-refractivity contribution in [3.05, 3.63) is 71.8 Å². The molecule has 3 aliphatic heterocycles. The van der Waals surface area contributed by atoms with E-state index in [2.05, 4.69) is 46.6 Å². The lowest BCUT2D eigenvalue weighted by molar-refractivity contribution is -0.134. The molecule has 4 heteroatoms. The van der Waals surface area contributed by atoms with Crippen molar-refractivity contribution in [3.8, 4) is 0 Å². The van der Waals surface area contributed by atoms with Crippen LogP contribution in [0.5, 0.6) is 0 Å². The van der Waals surface area contributed by atoms with Gasteiger partial charge in [0, 0.05) is 13.1 Å². The third-order valence-corrected chi connectivity index (χ3v) is 5.31. The van der Waals surface area contributed by atoms with Crippen molar-refractivity contribution in [1.29, 1.82) is 0 Å². The number of aliphatic hydroxyl groups excluding tert-OH is 1. The Balaban J connectivity index is 1.51. The van der Waals surface area contributed by atoms with Gasteiger partial charge in [0.1, 0.15) is 11.8 Å². The maximum absolute atomic E-state index is 10.6. The van der Waals surface area contributed by atoms with E-state index in [0.717, 1.165) is 18.7 Å². The van der Waals surface area contributed by atoms with Crippen molar-refractivity contribution < 1.29 is 9.84 Å². The monoisotopic (exact) mass is 294 g/mol. The highest BCUT2D eigenvalue weighted by Crippen LogP contribution is 2.58. The fourth-order valence-electron chi connectivity index (χ4n) is 3.91. The Morgan fingerprint density at radius 2 is 1.59 bits per heavy atom. The van der Waals surface area contributed by atoms with E-state index in [0.29, 0.717) is 0 Å². The second kappa shape index (κ2) is 4.18. The number of hydrogen-bond acceptors (Lipinski definition) is 4. The van der Waals surface area contributed by atoms with Crippen LogP contribution in [0, 0.1) is 0 Å². The summed E-state index contributed by atoms with van der Waals surface area (Å²) < 4.78 is 5.98. The molecule has 3 aliphatic rings. The first-order valence-corrected chi connectivity index (χ1v) is 7.74. The summed E-state index contributed by atoms with van der Waals surface area (Å²) in [6, 6.07) is 20.6. The zero-order valence-electron chi connectivity index (χ0n) is 12.1. The number of benzene rings is 2. The quantitative estimate of drug-likeness (QED) is 0.840. The number of aliphatic hydroxyl groups is 1. The van der Waals surface area contributed by atoms with Crippen molar-refractivity contribution in [2.45, 2.75) is 23.6 Å². The van der Waals surface area contributed by atoms with Gasteiger partial charge >= 0.3 is 0 Å². The molecule has 0 bridgehead atoms. The van der Waals surface area contributed by atoms with Crippen LogP contribution < -0.4 is 5.32 Å². The van der Waals surface area contributed by atoms with Crippen LogP contribution in [0.3, 0.4) is 0 Å². The number of ether oxygens (including phenoxy) is 1. The summed E-state index contributed by atoms with van der Waals surface area (Å²) in [5.41, 5.74) is 1.81. The molecule has 2 aromatic rings. The van der Waals surface area contributed by atoms with Gasteiger partial charge in [-0.1, -0.05) is 60.7 Å². The first-order valence-electron chi connectivity index (χ1n) is 7.74. The van der Waals surface area contributed by atoms with E-state index in [1.807, 2.05) is 24.3 Å². The molecule has 4 nitrogen and oxygen atoms in total. The van der Waals surface area contributed by atoms with E-state index < -0.39 is 6.29 Å². The van der Waals surface area contributed by atoms with Crippen LogP contribution in [-0.2, 0) is 15.8 Å². The van der Waals surface area contributed by atoms with Gasteiger partial charge in [-0.05, 0) is 11.1 Å². The normalized spacial score (nSPS) is 42.0. The fourth-order valence-corrected chi connectivity index (χ4v) is 3.91. The standard InChI is InChI=1S/C18H18N2O2/c21-16-18(14-9-5-2-6-10-14)12-20(18)15(22-16)17(11-19-17)13-7-3-1-4-8-13/h1-10,15-16,19,21H,11-12H2/t15?,16-,17-,18-,20-/m1/s1. The van der Waals surface area contributed by atoms with Crippen LogP contribution in [0.4, 0.5) is 0 Å². The highest BCUT2D eigenvalue weighted by Gasteiger charge is 2.73. The Kier molecular flexibility index (Phi) is 2.43. The van der Waals surface area contributed by atoms with Crippen molar-refractivity contribution in [3.63, 3.8) is 0 Å². The molecule has 3 fully saturated rings. The molecule has 3 heterocycles. The smallest absolute Gasteiger partial charge is 0.180 e. The fraction of sp³-hybridized carbons (Fsp3) is 0.333. The van der Waals surface area contributed by atoms with Gasteiger partial charge in [0.2, 0.25) is 0 Å². The molecule has 5 rings (SSSR count). The topological polar surface area (TPSA) is 54.4 Å². The third-order valence-electron chi connectivity index (χ3n) is 5.31. The van der Waals surface area contributed by atoms with Crippen molar-refractivity contribution >= 4 is 0 Å². The van der Waals surface area contributed by atoms with E-state index in [-0.39, 0.29) is 17.3 Å². The lowest BCUT2D eigenvalue weighted by Gasteiger charge is -2.24. The summed E-state index contributed by atoms with van der Waals surface area (Å²) in [6.45, 7) is 1.73. The van der Waals surface area contributed by atoms with Gasteiger partial charge < -0.3 is 15.2 Å². The van der Waals surface area contributed by atoms with E-state index in [9.17, 15) is 5.11 Å². The van der Waals surface area contributed by atoms with Gasteiger partial charge in [-0.15, -0.1) is 0 Å². The molecular formula is C18H18N2O2.